The Morgan fingerprint density at radius 3 is 2.61 bits per heavy atom. The monoisotopic (exact) mass is 420 g/mol. The number of hydrogen-bond acceptors (Lipinski definition) is 5. The van der Waals surface area contributed by atoms with E-state index in [1.807, 2.05) is 31.2 Å². The van der Waals surface area contributed by atoms with Gasteiger partial charge in [0.15, 0.2) is 9.84 Å². The molecule has 28 heavy (non-hydrogen) atoms. The van der Waals surface area contributed by atoms with E-state index in [1.54, 1.807) is 5.38 Å². The van der Waals surface area contributed by atoms with Gasteiger partial charge >= 0.3 is 0 Å². The zero-order valence-corrected chi connectivity index (χ0v) is 18.3. The van der Waals surface area contributed by atoms with E-state index in [1.165, 1.54) is 24.7 Å². The number of nitrogens with zero attached hydrogens (tertiary/aromatic N) is 1. The van der Waals surface area contributed by atoms with Gasteiger partial charge in [0, 0.05) is 17.0 Å². The second kappa shape index (κ2) is 8.74. The molecule has 0 saturated heterocycles. The van der Waals surface area contributed by atoms with Crippen LogP contribution in [-0.2, 0) is 20.4 Å². The van der Waals surface area contributed by atoms with Gasteiger partial charge in [-0.05, 0) is 32.6 Å². The van der Waals surface area contributed by atoms with Crippen LogP contribution in [0.3, 0.4) is 0 Å². The first-order chi connectivity index (χ1) is 13.3. The van der Waals surface area contributed by atoms with E-state index in [0.29, 0.717) is 11.6 Å². The highest BCUT2D eigenvalue weighted by molar-refractivity contribution is 7.92. The molecule has 0 bridgehead atoms. The maximum Gasteiger partial charge on any atom is 0.238 e. The fraction of sp³-hybridized carbons (Fsp3) is 0.524. The lowest BCUT2D eigenvalue weighted by atomic mass is 9.86. The largest absolute Gasteiger partial charge is 0.352 e. The van der Waals surface area contributed by atoms with Crippen LogP contribution in [0, 0.1) is 12.8 Å². The van der Waals surface area contributed by atoms with Crippen molar-refractivity contribution in [1.82, 2.24) is 10.3 Å². The summed E-state index contributed by atoms with van der Waals surface area (Å²) >= 11 is 1.42. The van der Waals surface area contributed by atoms with Crippen molar-refractivity contribution in [2.24, 2.45) is 5.92 Å². The first-order valence-electron chi connectivity index (χ1n) is 9.79. The van der Waals surface area contributed by atoms with E-state index >= 15 is 0 Å². The summed E-state index contributed by atoms with van der Waals surface area (Å²) in [7, 11) is -3.62. The van der Waals surface area contributed by atoms with E-state index in [2.05, 4.69) is 17.2 Å². The van der Waals surface area contributed by atoms with Gasteiger partial charge in [0.2, 0.25) is 5.91 Å². The Hall–Kier alpha value is -1.73. The van der Waals surface area contributed by atoms with Crippen molar-refractivity contribution in [2.45, 2.75) is 63.5 Å². The summed E-state index contributed by atoms with van der Waals surface area (Å²) in [5.41, 5.74) is 2.62. The SMILES string of the molecule is Cc1ccc(-c2nc(CS(=O)(=O)[C@H](C)C(=O)N[C@H]3CCCC[C@@H]3C)cs2)cc1. The molecule has 1 saturated carbocycles. The lowest BCUT2D eigenvalue weighted by Crippen LogP contribution is -2.47. The molecular formula is C21H28N2O3S2. The number of hydrogen-bond donors (Lipinski definition) is 1. The maximum absolute atomic E-state index is 12.8. The van der Waals surface area contributed by atoms with Crippen molar-refractivity contribution in [1.29, 1.82) is 0 Å². The summed E-state index contributed by atoms with van der Waals surface area (Å²) in [4.78, 5) is 17.0. The predicted octanol–water partition coefficient (Wildman–Crippen LogP) is 4.12. The van der Waals surface area contributed by atoms with Crippen LogP contribution in [0.5, 0.6) is 0 Å². The van der Waals surface area contributed by atoms with Gasteiger partial charge in [-0.1, -0.05) is 49.6 Å². The minimum atomic E-state index is -3.62. The number of nitrogens with one attached hydrogen (secondary N) is 1. The predicted molar refractivity (Wildman–Crippen MR) is 114 cm³/mol. The van der Waals surface area contributed by atoms with Gasteiger partial charge in [-0.15, -0.1) is 11.3 Å². The normalized spacial score (nSPS) is 21.2. The lowest BCUT2D eigenvalue weighted by molar-refractivity contribution is -0.121. The first-order valence-corrected chi connectivity index (χ1v) is 12.4. The number of benzene rings is 1. The Morgan fingerprint density at radius 2 is 1.93 bits per heavy atom. The van der Waals surface area contributed by atoms with E-state index in [0.717, 1.165) is 35.4 Å². The molecule has 152 valence electrons. The summed E-state index contributed by atoms with van der Waals surface area (Å²) in [6, 6.07) is 8.05. The number of rotatable bonds is 6. The molecule has 0 unspecified atom stereocenters. The number of sulfone groups is 1. The van der Waals surface area contributed by atoms with Gasteiger partial charge in [-0.2, -0.15) is 0 Å². The highest BCUT2D eigenvalue weighted by Crippen LogP contribution is 2.26. The van der Waals surface area contributed by atoms with Crippen molar-refractivity contribution >= 4 is 27.1 Å². The zero-order chi connectivity index (χ0) is 20.3. The molecule has 1 N–H and O–H groups in total. The number of aromatic nitrogens is 1. The van der Waals surface area contributed by atoms with Gasteiger partial charge in [-0.3, -0.25) is 4.79 Å². The Balaban J connectivity index is 1.65. The van der Waals surface area contributed by atoms with Crippen molar-refractivity contribution in [2.75, 3.05) is 0 Å². The molecule has 5 nitrogen and oxygen atoms in total. The molecule has 1 aromatic carbocycles. The third-order valence-electron chi connectivity index (χ3n) is 5.55. The minimum absolute atomic E-state index is 0.0753. The van der Waals surface area contributed by atoms with Gasteiger partial charge < -0.3 is 5.32 Å². The van der Waals surface area contributed by atoms with E-state index in [-0.39, 0.29) is 11.8 Å². The minimum Gasteiger partial charge on any atom is -0.352 e. The highest BCUT2D eigenvalue weighted by atomic mass is 32.2. The molecule has 0 radical (unpaired) electrons. The average Bonchev–Trinajstić information content (AvgIpc) is 3.11. The number of thiazole rings is 1. The summed E-state index contributed by atoms with van der Waals surface area (Å²) in [6.07, 6.45) is 4.25. The van der Waals surface area contributed by atoms with Gasteiger partial charge in [0.1, 0.15) is 10.3 Å². The topological polar surface area (TPSA) is 76.1 Å². The second-order valence-corrected chi connectivity index (χ2v) is 11.0. The molecule has 1 heterocycles. The van der Waals surface area contributed by atoms with Crippen molar-refractivity contribution in [3.63, 3.8) is 0 Å². The fourth-order valence-corrected chi connectivity index (χ4v) is 5.66. The maximum atomic E-state index is 12.8. The molecule has 0 aliphatic heterocycles. The molecule has 1 amide bonds. The molecule has 7 heteroatoms. The number of carbonyl (C=O) groups is 1. The summed E-state index contributed by atoms with van der Waals surface area (Å²) in [5, 5.41) is 4.44. The summed E-state index contributed by atoms with van der Waals surface area (Å²) < 4.78 is 25.5. The summed E-state index contributed by atoms with van der Waals surface area (Å²) in [6.45, 7) is 5.61. The average molecular weight is 421 g/mol. The molecule has 1 fully saturated rings. The molecule has 1 aromatic heterocycles. The quantitative estimate of drug-likeness (QED) is 0.763. The van der Waals surface area contributed by atoms with E-state index in [4.69, 9.17) is 0 Å². The number of amides is 1. The van der Waals surface area contributed by atoms with Gasteiger partial charge in [-0.25, -0.2) is 13.4 Å². The molecule has 3 rings (SSSR count). The van der Waals surface area contributed by atoms with Crippen LogP contribution >= 0.6 is 11.3 Å². The van der Waals surface area contributed by atoms with Crippen LogP contribution in [0.4, 0.5) is 0 Å². The number of carbonyl (C=O) groups excluding carboxylic acids is 1. The molecular weight excluding hydrogens is 392 g/mol. The van der Waals surface area contributed by atoms with Crippen LogP contribution in [0.15, 0.2) is 29.6 Å². The Morgan fingerprint density at radius 1 is 1.25 bits per heavy atom. The number of aryl methyl sites for hydroxylation is 1. The fourth-order valence-electron chi connectivity index (χ4n) is 3.53. The molecule has 1 aliphatic carbocycles. The zero-order valence-electron chi connectivity index (χ0n) is 16.6. The highest BCUT2D eigenvalue weighted by Gasteiger charge is 2.32. The van der Waals surface area contributed by atoms with Crippen molar-refractivity contribution in [3.05, 3.63) is 40.9 Å². The third kappa shape index (κ3) is 5.00. The lowest BCUT2D eigenvalue weighted by Gasteiger charge is -2.30. The van der Waals surface area contributed by atoms with Crippen LogP contribution in [-0.4, -0.2) is 30.6 Å². The van der Waals surface area contributed by atoms with E-state index < -0.39 is 21.0 Å². The van der Waals surface area contributed by atoms with Crippen LogP contribution in [0.25, 0.3) is 10.6 Å². The van der Waals surface area contributed by atoms with E-state index in [9.17, 15) is 13.2 Å². The Labute approximate surface area is 171 Å². The van der Waals surface area contributed by atoms with Crippen LogP contribution < -0.4 is 5.32 Å². The summed E-state index contributed by atoms with van der Waals surface area (Å²) in [5.74, 6) is -0.222. The van der Waals surface area contributed by atoms with Gasteiger partial charge in [0.25, 0.3) is 0 Å². The van der Waals surface area contributed by atoms with Crippen molar-refractivity contribution in [3.8, 4) is 10.6 Å². The Kier molecular flexibility index (Phi) is 6.55. The smallest absolute Gasteiger partial charge is 0.238 e. The molecule has 3 atom stereocenters. The second-order valence-electron chi connectivity index (χ2n) is 7.84. The molecule has 0 spiro atoms. The van der Waals surface area contributed by atoms with Crippen LogP contribution in [0.2, 0.25) is 0 Å². The van der Waals surface area contributed by atoms with Crippen LogP contribution in [0.1, 0.15) is 50.8 Å². The molecule has 2 aromatic rings. The van der Waals surface area contributed by atoms with Crippen molar-refractivity contribution < 1.29 is 13.2 Å². The standard InChI is InChI=1S/C21H28N2O3S2/c1-14-8-10-17(11-9-14)21-22-18(12-27-21)13-28(25,26)16(3)20(24)23-19-7-5-4-6-15(19)2/h8-12,15-16,19H,4-7,13H2,1-3H3,(H,23,24)/t15-,16+,19-/m0/s1. The molecule has 1 aliphatic rings. The third-order valence-corrected chi connectivity index (χ3v) is 8.48. The first kappa shape index (κ1) is 21.0. The van der Waals surface area contributed by atoms with Gasteiger partial charge in [0.05, 0.1) is 11.4 Å². The Bertz CT molecular complexity index is 919.